The first-order valence-electron chi connectivity index (χ1n) is 9.38. The lowest BCUT2D eigenvalue weighted by molar-refractivity contribution is -0.135. The zero-order valence-electron chi connectivity index (χ0n) is 14.9. The van der Waals surface area contributed by atoms with Gasteiger partial charge in [-0.3, -0.25) is 14.5 Å². The fourth-order valence-electron chi connectivity index (χ4n) is 3.99. The third-order valence-corrected chi connectivity index (χ3v) is 5.68. The molecule has 3 aliphatic rings. The van der Waals surface area contributed by atoms with Crippen LogP contribution < -0.4 is 0 Å². The standard InChI is InChI=1S/C18H27N5O2/c1-20-8-5-19-16(20)13-21-6-2-7-22(10-9-21)18(25)14-11-17(24)23(12-14)15-3-4-15/h5,8,14-15H,2-4,6-7,9-13H2,1H3/t14-/m1/s1. The fourth-order valence-corrected chi connectivity index (χ4v) is 3.99. The summed E-state index contributed by atoms with van der Waals surface area (Å²) in [5.41, 5.74) is 0. The van der Waals surface area contributed by atoms with Crippen molar-refractivity contribution in [2.75, 3.05) is 32.7 Å². The summed E-state index contributed by atoms with van der Waals surface area (Å²) in [4.78, 5) is 35.7. The van der Waals surface area contributed by atoms with E-state index in [0.717, 1.165) is 57.8 Å². The molecule has 1 aromatic heterocycles. The van der Waals surface area contributed by atoms with Crippen LogP contribution in [0, 0.1) is 5.92 Å². The minimum absolute atomic E-state index is 0.130. The van der Waals surface area contributed by atoms with E-state index in [-0.39, 0.29) is 17.7 Å². The topological polar surface area (TPSA) is 61.7 Å². The Morgan fingerprint density at radius 3 is 2.80 bits per heavy atom. The zero-order valence-corrected chi connectivity index (χ0v) is 14.9. The molecule has 4 rings (SSSR count). The average Bonchev–Trinajstić information content (AvgIpc) is 3.31. The van der Waals surface area contributed by atoms with Gasteiger partial charge in [-0.2, -0.15) is 0 Å². The molecule has 1 aliphatic carbocycles. The first-order chi connectivity index (χ1) is 12.1. The maximum absolute atomic E-state index is 12.9. The van der Waals surface area contributed by atoms with Gasteiger partial charge in [-0.15, -0.1) is 0 Å². The van der Waals surface area contributed by atoms with Gasteiger partial charge in [0.05, 0.1) is 12.5 Å². The van der Waals surface area contributed by atoms with Gasteiger partial charge in [-0.25, -0.2) is 4.98 Å². The molecule has 1 atom stereocenters. The highest BCUT2D eigenvalue weighted by Crippen LogP contribution is 2.33. The number of likely N-dealkylation sites (tertiary alicyclic amines) is 1. The molecule has 0 unspecified atom stereocenters. The van der Waals surface area contributed by atoms with Crippen molar-refractivity contribution < 1.29 is 9.59 Å². The first kappa shape index (κ1) is 16.6. The summed E-state index contributed by atoms with van der Waals surface area (Å²) in [6.45, 7) is 4.85. The molecule has 0 spiro atoms. The Balaban J connectivity index is 1.32. The molecule has 3 heterocycles. The highest BCUT2D eigenvalue weighted by Gasteiger charge is 2.42. The van der Waals surface area contributed by atoms with Crippen LogP contribution in [0.1, 0.15) is 31.5 Å². The van der Waals surface area contributed by atoms with Crippen molar-refractivity contribution in [1.29, 1.82) is 0 Å². The van der Waals surface area contributed by atoms with Gasteiger partial charge in [-0.1, -0.05) is 0 Å². The van der Waals surface area contributed by atoms with Crippen LogP contribution in [0.3, 0.4) is 0 Å². The van der Waals surface area contributed by atoms with E-state index in [1.54, 1.807) is 0 Å². The van der Waals surface area contributed by atoms with Gasteiger partial charge in [0.1, 0.15) is 5.82 Å². The van der Waals surface area contributed by atoms with Crippen LogP contribution in [-0.2, 0) is 23.2 Å². The van der Waals surface area contributed by atoms with E-state index in [1.807, 2.05) is 33.8 Å². The number of amides is 2. The molecule has 7 heteroatoms. The van der Waals surface area contributed by atoms with Crippen molar-refractivity contribution >= 4 is 11.8 Å². The lowest BCUT2D eigenvalue weighted by Crippen LogP contribution is -2.40. The summed E-state index contributed by atoms with van der Waals surface area (Å²) in [7, 11) is 2.01. The van der Waals surface area contributed by atoms with E-state index in [2.05, 4.69) is 9.88 Å². The van der Waals surface area contributed by atoms with Crippen molar-refractivity contribution in [1.82, 2.24) is 24.3 Å². The van der Waals surface area contributed by atoms with E-state index in [0.29, 0.717) is 19.0 Å². The van der Waals surface area contributed by atoms with Crippen LogP contribution in [0.25, 0.3) is 0 Å². The normalized spacial score (nSPS) is 25.5. The van der Waals surface area contributed by atoms with Gasteiger partial charge in [0.2, 0.25) is 11.8 Å². The number of aryl methyl sites for hydroxylation is 1. The Hall–Kier alpha value is -1.89. The SMILES string of the molecule is Cn1ccnc1CN1CCCN(C(=O)[C@@H]2CC(=O)N(C3CC3)C2)CC1. The Kier molecular flexibility index (Phi) is 4.50. The van der Waals surface area contributed by atoms with Gasteiger partial charge in [0, 0.05) is 64.6 Å². The predicted molar refractivity (Wildman–Crippen MR) is 92.5 cm³/mol. The first-order valence-corrected chi connectivity index (χ1v) is 9.38. The highest BCUT2D eigenvalue weighted by molar-refractivity contribution is 5.89. The molecule has 136 valence electrons. The molecule has 0 aromatic carbocycles. The minimum atomic E-state index is -0.130. The zero-order chi connectivity index (χ0) is 17.4. The van der Waals surface area contributed by atoms with Crippen molar-refractivity contribution in [2.45, 2.75) is 38.3 Å². The van der Waals surface area contributed by atoms with Crippen molar-refractivity contribution in [3.8, 4) is 0 Å². The second kappa shape index (κ2) is 6.78. The van der Waals surface area contributed by atoms with Crippen LogP contribution in [-0.4, -0.2) is 74.8 Å². The number of nitrogens with zero attached hydrogens (tertiary/aromatic N) is 5. The van der Waals surface area contributed by atoms with Gasteiger partial charge in [0.25, 0.3) is 0 Å². The van der Waals surface area contributed by atoms with Gasteiger partial charge >= 0.3 is 0 Å². The minimum Gasteiger partial charge on any atom is -0.341 e. The Labute approximate surface area is 148 Å². The Morgan fingerprint density at radius 2 is 2.08 bits per heavy atom. The molecule has 2 amide bonds. The number of hydrogen-bond donors (Lipinski definition) is 0. The molecule has 1 saturated carbocycles. The molecule has 7 nitrogen and oxygen atoms in total. The average molecular weight is 345 g/mol. The van der Waals surface area contributed by atoms with Crippen LogP contribution >= 0.6 is 0 Å². The van der Waals surface area contributed by atoms with Crippen LogP contribution in [0.5, 0.6) is 0 Å². The van der Waals surface area contributed by atoms with Crippen LogP contribution in [0.4, 0.5) is 0 Å². The van der Waals surface area contributed by atoms with E-state index in [4.69, 9.17) is 0 Å². The third kappa shape index (κ3) is 3.56. The van der Waals surface area contributed by atoms with Crippen LogP contribution in [0.2, 0.25) is 0 Å². The Bertz CT molecular complexity index is 654. The summed E-state index contributed by atoms with van der Waals surface area (Å²) >= 11 is 0. The summed E-state index contributed by atoms with van der Waals surface area (Å²) in [6.07, 6.45) is 7.39. The second-order valence-corrected chi connectivity index (χ2v) is 7.59. The Morgan fingerprint density at radius 1 is 1.24 bits per heavy atom. The molecule has 2 aliphatic heterocycles. The van der Waals surface area contributed by atoms with Gasteiger partial charge in [0.15, 0.2) is 0 Å². The molecule has 0 radical (unpaired) electrons. The smallest absolute Gasteiger partial charge is 0.228 e. The number of carbonyl (C=O) groups excluding carboxylic acids is 2. The number of imidazole rings is 1. The molecule has 1 aromatic rings. The molecule has 0 bridgehead atoms. The monoisotopic (exact) mass is 345 g/mol. The van der Waals surface area contributed by atoms with Crippen molar-refractivity contribution in [3.63, 3.8) is 0 Å². The van der Waals surface area contributed by atoms with E-state index >= 15 is 0 Å². The molecule has 3 fully saturated rings. The molecular formula is C18H27N5O2. The molecule has 25 heavy (non-hydrogen) atoms. The van der Waals surface area contributed by atoms with Gasteiger partial charge in [-0.05, 0) is 19.3 Å². The predicted octanol–water partition coefficient (Wildman–Crippen LogP) is 0.465. The maximum atomic E-state index is 12.9. The van der Waals surface area contributed by atoms with Crippen LogP contribution in [0.15, 0.2) is 12.4 Å². The fraction of sp³-hybridized carbons (Fsp3) is 0.722. The summed E-state index contributed by atoms with van der Waals surface area (Å²) in [5, 5.41) is 0. The molecule has 2 saturated heterocycles. The number of rotatable bonds is 4. The highest BCUT2D eigenvalue weighted by atomic mass is 16.2. The molecule has 0 N–H and O–H groups in total. The largest absolute Gasteiger partial charge is 0.341 e. The number of aromatic nitrogens is 2. The van der Waals surface area contributed by atoms with E-state index in [9.17, 15) is 9.59 Å². The van der Waals surface area contributed by atoms with Crippen molar-refractivity contribution in [3.05, 3.63) is 18.2 Å². The summed E-state index contributed by atoms with van der Waals surface area (Å²) in [6, 6.07) is 0.419. The van der Waals surface area contributed by atoms with E-state index < -0.39 is 0 Å². The van der Waals surface area contributed by atoms with E-state index in [1.165, 1.54) is 0 Å². The summed E-state index contributed by atoms with van der Waals surface area (Å²) < 4.78 is 2.05. The number of hydrogen-bond acceptors (Lipinski definition) is 4. The number of carbonyl (C=O) groups is 2. The van der Waals surface area contributed by atoms with Gasteiger partial charge < -0.3 is 14.4 Å². The lowest BCUT2D eigenvalue weighted by Gasteiger charge is -2.24. The molecular weight excluding hydrogens is 318 g/mol. The second-order valence-electron chi connectivity index (χ2n) is 7.59. The quantitative estimate of drug-likeness (QED) is 0.796. The lowest BCUT2D eigenvalue weighted by atomic mass is 10.1. The van der Waals surface area contributed by atoms with Crippen molar-refractivity contribution in [2.24, 2.45) is 13.0 Å². The third-order valence-electron chi connectivity index (χ3n) is 5.68. The summed E-state index contributed by atoms with van der Waals surface area (Å²) in [5.74, 6) is 1.28. The maximum Gasteiger partial charge on any atom is 0.228 e.